The summed E-state index contributed by atoms with van der Waals surface area (Å²) in [5.41, 5.74) is 1.46. The van der Waals surface area contributed by atoms with E-state index in [-0.39, 0.29) is 22.3 Å². The van der Waals surface area contributed by atoms with E-state index in [2.05, 4.69) is 6.58 Å². The zero-order chi connectivity index (χ0) is 10.5. The number of hydrogen-bond acceptors (Lipinski definition) is 2. The Bertz CT molecular complexity index is 181. The molecule has 0 unspecified atom stereocenters. The highest BCUT2D eigenvalue weighted by atomic mass is 16.1. The molecule has 4 heteroatoms. The summed E-state index contributed by atoms with van der Waals surface area (Å²) in [5.74, 6) is 0. The summed E-state index contributed by atoms with van der Waals surface area (Å²) in [6.07, 6.45) is 7.79. The average molecular weight is 228 g/mol. The molecular weight excluding hydrogens is 204 g/mol. The van der Waals surface area contributed by atoms with Crippen molar-refractivity contribution in [2.75, 3.05) is 0 Å². The van der Waals surface area contributed by atoms with Crippen LogP contribution in [0.25, 0.3) is 10.8 Å². The molecule has 0 saturated heterocycles. The van der Waals surface area contributed by atoms with Gasteiger partial charge in [-0.25, -0.2) is 0 Å². The minimum Gasteiger partial charge on any atom is -0.724 e. The smallest absolute Gasteiger partial charge is 0.0159 e. The topological polar surface area (TPSA) is 78.7 Å². The molecule has 0 atom stereocenters. The van der Waals surface area contributed by atoms with Gasteiger partial charge in [0.2, 0.25) is 0 Å². The minimum atomic E-state index is 0. The van der Waals surface area contributed by atoms with E-state index in [1.54, 1.807) is 0 Å². The molecule has 0 aromatic rings. The third-order valence-electron chi connectivity index (χ3n) is 1.56. The number of isocyanates is 2. The van der Waals surface area contributed by atoms with E-state index >= 15 is 0 Å². The van der Waals surface area contributed by atoms with Crippen molar-refractivity contribution in [3.05, 3.63) is 23.0 Å². The molecule has 0 heterocycles. The van der Waals surface area contributed by atoms with Gasteiger partial charge < -0.3 is 10.8 Å². The maximum atomic E-state index is 8.24. The number of rotatable bonds is 0. The summed E-state index contributed by atoms with van der Waals surface area (Å²) in [6.45, 7) is 3.91. The van der Waals surface area contributed by atoms with Gasteiger partial charge in [-0.1, -0.05) is 40.9 Å². The Balaban J connectivity index is -0.0000000398. The molecule has 16 heavy (non-hydrogen) atoms. The molecule has 1 fully saturated rings. The fourth-order valence-electron chi connectivity index (χ4n) is 1.05. The lowest BCUT2D eigenvalue weighted by molar-refractivity contribution is 0.568. The summed E-state index contributed by atoms with van der Waals surface area (Å²) in [7, 11) is 0. The predicted octanol–water partition coefficient (Wildman–Crippen LogP) is 4.20. The quantitative estimate of drug-likeness (QED) is 0.354. The Hall–Kier alpha value is -1.50. The molecule has 0 aliphatic heterocycles. The highest BCUT2D eigenvalue weighted by Gasteiger charge is 2.00. The van der Waals surface area contributed by atoms with Crippen molar-refractivity contribution < 1.29 is 9.59 Å². The molecule has 1 rings (SSSR count). The standard InChI is InChI=1S/C7H12.2CNO.3CH4/c1-7-5-3-2-4-6-7;2*2-1-3;;;/h1-6H2;;;3*1H4/q;2*-1;;;. The normalized spacial score (nSPS) is 10.9. The fourth-order valence-corrected chi connectivity index (χ4v) is 1.05. The van der Waals surface area contributed by atoms with Crippen LogP contribution in [0.5, 0.6) is 0 Å². The molecule has 0 spiro atoms. The maximum absolute atomic E-state index is 8.24. The summed E-state index contributed by atoms with van der Waals surface area (Å²) in [4.78, 5) is 16.5. The molecule has 1 aliphatic rings. The van der Waals surface area contributed by atoms with Crippen LogP contribution in [0.2, 0.25) is 0 Å². The summed E-state index contributed by atoms with van der Waals surface area (Å²) >= 11 is 0. The lowest BCUT2D eigenvalue weighted by atomic mass is 9.97. The van der Waals surface area contributed by atoms with Crippen LogP contribution in [0.3, 0.4) is 0 Å². The summed E-state index contributed by atoms with van der Waals surface area (Å²) < 4.78 is 0. The molecule has 96 valence electrons. The lowest BCUT2D eigenvalue weighted by Crippen LogP contribution is -1.90. The predicted molar refractivity (Wildman–Crippen MR) is 70.5 cm³/mol. The third-order valence-corrected chi connectivity index (χ3v) is 1.56. The largest absolute Gasteiger partial charge is 0.724 e. The zero-order valence-electron chi connectivity index (χ0n) is 7.45. The SMILES string of the molecule is C.C.C.C=C1CCCCC1.[N-]=C=O.[N-]=C=O. The molecule has 1 saturated carbocycles. The molecular formula is C12H24N2O2-2. The minimum absolute atomic E-state index is 0. The van der Waals surface area contributed by atoms with Gasteiger partial charge in [0.15, 0.2) is 0 Å². The van der Waals surface area contributed by atoms with E-state index in [1.807, 2.05) is 0 Å². The number of nitrogens with zero attached hydrogens (tertiary/aromatic N) is 2. The fraction of sp³-hybridized carbons (Fsp3) is 0.667. The van der Waals surface area contributed by atoms with Gasteiger partial charge in [0, 0.05) is 0 Å². The second-order valence-corrected chi connectivity index (χ2v) is 2.49. The Kier molecular flexibility index (Phi) is 53.4. The highest BCUT2D eigenvalue weighted by Crippen LogP contribution is 2.20. The van der Waals surface area contributed by atoms with Crippen molar-refractivity contribution in [1.82, 2.24) is 0 Å². The Labute approximate surface area is 99.8 Å². The Morgan fingerprint density at radius 3 is 1.25 bits per heavy atom. The number of allylic oxidation sites excluding steroid dienone is 1. The van der Waals surface area contributed by atoms with Gasteiger partial charge in [0.25, 0.3) is 0 Å². The molecule has 0 N–H and O–H groups in total. The maximum Gasteiger partial charge on any atom is -0.0159 e. The molecule has 0 amide bonds. The van der Waals surface area contributed by atoms with Crippen LogP contribution in [0.1, 0.15) is 54.4 Å². The molecule has 4 nitrogen and oxygen atoms in total. The first-order valence-corrected chi connectivity index (χ1v) is 3.92. The van der Waals surface area contributed by atoms with Crippen LogP contribution in [0.15, 0.2) is 12.2 Å². The van der Waals surface area contributed by atoms with Crippen LogP contribution in [0.4, 0.5) is 0 Å². The van der Waals surface area contributed by atoms with E-state index < -0.39 is 0 Å². The third kappa shape index (κ3) is 39.1. The van der Waals surface area contributed by atoms with Crippen LogP contribution in [0, 0.1) is 0 Å². The van der Waals surface area contributed by atoms with E-state index in [9.17, 15) is 0 Å². The van der Waals surface area contributed by atoms with Gasteiger partial charge in [-0.3, -0.25) is 9.59 Å². The Morgan fingerprint density at radius 1 is 0.875 bits per heavy atom. The van der Waals surface area contributed by atoms with Crippen molar-refractivity contribution in [2.24, 2.45) is 0 Å². The van der Waals surface area contributed by atoms with E-state index in [4.69, 9.17) is 20.4 Å². The average Bonchev–Trinajstić information content (AvgIpc) is 2.08. The highest BCUT2D eigenvalue weighted by molar-refractivity contribution is 5.37. The van der Waals surface area contributed by atoms with E-state index in [0.29, 0.717) is 12.2 Å². The van der Waals surface area contributed by atoms with Crippen molar-refractivity contribution >= 4 is 12.2 Å². The number of carbonyl (C=O) groups excluding carboxylic acids is 2. The van der Waals surface area contributed by atoms with Gasteiger partial charge in [0.05, 0.1) is 0 Å². The van der Waals surface area contributed by atoms with Crippen LogP contribution < -0.4 is 0 Å². The first-order chi connectivity index (χ1) is 6.22. The molecule has 0 bridgehead atoms. The number of hydrogen-bond donors (Lipinski definition) is 0. The van der Waals surface area contributed by atoms with Crippen molar-refractivity contribution in [3.8, 4) is 0 Å². The summed E-state index contributed by atoms with van der Waals surface area (Å²) in [5, 5.41) is 13.5. The zero-order valence-corrected chi connectivity index (χ0v) is 7.45. The monoisotopic (exact) mass is 228 g/mol. The molecule has 1 aliphatic carbocycles. The second-order valence-electron chi connectivity index (χ2n) is 2.49. The Morgan fingerprint density at radius 2 is 1.12 bits per heavy atom. The molecule has 0 aromatic heterocycles. The second kappa shape index (κ2) is 29.2. The first kappa shape index (κ1) is 29.3. The molecule has 0 radical (unpaired) electrons. The van der Waals surface area contributed by atoms with Gasteiger partial charge >= 0.3 is 0 Å². The van der Waals surface area contributed by atoms with Gasteiger partial charge in [-0.2, -0.15) is 0 Å². The van der Waals surface area contributed by atoms with Crippen LogP contribution in [-0.4, -0.2) is 12.2 Å². The lowest BCUT2D eigenvalue weighted by Gasteiger charge is -2.10. The van der Waals surface area contributed by atoms with Crippen molar-refractivity contribution in [3.63, 3.8) is 0 Å². The van der Waals surface area contributed by atoms with Crippen molar-refractivity contribution in [2.45, 2.75) is 54.4 Å². The van der Waals surface area contributed by atoms with Gasteiger partial charge in [0.1, 0.15) is 0 Å². The first-order valence-electron chi connectivity index (χ1n) is 3.92. The van der Waals surface area contributed by atoms with Crippen molar-refractivity contribution in [1.29, 1.82) is 0 Å². The summed E-state index contributed by atoms with van der Waals surface area (Å²) in [6, 6.07) is 0. The van der Waals surface area contributed by atoms with Gasteiger partial charge in [-0.15, -0.1) is 0 Å². The van der Waals surface area contributed by atoms with Crippen LogP contribution >= 0.6 is 0 Å². The van der Waals surface area contributed by atoms with Crippen LogP contribution in [-0.2, 0) is 9.59 Å². The van der Waals surface area contributed by atoms with Gasteiger partial charge in [-0.05, 0) is 37.8 Å². The van der Waals surface area contributed by atoms with E-state index in [0.717, 1.165) is 0 Å². The molecule has 0 aromatic carbocycles. The van der Waals surface area contributed by atoms with E-state index in [1.165, 1.54) is 37.7 Å².